The standard InChI is InChI=1S/C22H19FN2O5/c1-14(20(26)24-13-15-8-10-16(23)11-9-15)30-22(28)17-5-2-3-6-18(17)25-21(27)19-7-4-12-29-19/h2-12,14H,13H2,1H3,(H,24,26)(H,25,27)/t14-/m0/s1. The van der Waals surface area contributed by atoms with Gasteiger partial charge in [0.1, 0.15) is 5.82 Å². The van der Waals surface area contributed by atoms with Gasteiger partial charge in [0.15, 0.2) is 11.9 Å². The molecule has 0 bridgehead atoms. The number of hydrogen-bond acceptors (Lipinski definition) is 5. The number of carbonyl (C=O) groups excluding carboxylic acids is 3. The summed E-state index contributed by atoms with van der Waals surface area (Å²) in [5, 5.41) is 5.20. The zero-order chi connectivity index (χ0) is 21.5. The van der Waals surface area contributed by atoms with Gasteiger partial charge in [0.2, 0.25) is 0 Å². The van der Waals surface area contributed by atoms with Crippen LogP contribution in [0, 0.1) is 5.82 Å². The maximum Gasteiger partial charge on any atom is 0.341 e. The maximum absolute atomic E-state index is 12.9. The largest absolute Gasteiger partial charge is 0.459 e. The van der Waals surface area contributed by atoms with Gasteiger partial charge in [-0.1, -0.05) is 24.3 Å². The summed E-state index contributed by atoms with van der Waals surface area (Å²) in [7, 11) is 0. The second-order valence-corrected chi connectivity index (χ2v) is 6.37. The molecule has 1 heterocycles. The quantitative estimate of drug-likeness (QED) is 0.581. The molecule has 1 atom stereocenters. The highest BCUT2D eigenvalue weighted by Gasteiger charge is 2.21. The van der Waals surface area contributed by atoms with Crippen molar-refractivity contribution in [3.05, 3.63) is 89.6 Å². The molecule has 2 N–H and O–H groups in total. The normalized spacial score (nSPS) is 11.4. The van der Waals surface area contributed by atoms with E-state index in [4.69, 9.17) is 9.15 Å². The van der Waals surface area contributed by atoms with Gasteiger partial charge in [-0.3, -0.25) is 9.59 Å². The van der Waals surface area contributed by atoms with Crippen molar-refractivity contribution >= 4 is 23.5 Å². The van der Waals surface area contributed by atoms with E-state index < -0.39 is 23.9 Å². The second-order valence-electron chi connectivity index (χ2n) is 6.37. The van der Waals surface area contributed by atoms with E-state index in [1.165, 1.54) is 43.5 Å². The molecule has 0 unspecified atom stereocenters. The van der Waals surface area contributed by atoms with E-state index >= 15 is 0 Å². The van der Waals surface area contributed by atoms with Crippen LogP contribution >= 0.6 is 0 Å². The van der Waals surface area contributed by atoms with Crippen LogP contribution in [-0.4, -0.2) is 23.9 Å². The van der Waals surface area contributed by atoms with Crippen LogP contribution in [0.5, 0.6) is 0 Å². The van der Waals surface area contributed by atoms with Crippen molar-refractivity contribution in [2.75, 3.05) is 5.32 Å². The third kappa shape index (κ3) is 5.32. The monoisotopic (exact) mass is 410 g/mol. The lowest BCUT2D eigenvalue weighted by Crippen LogP contribution is -2.35. The Kier molecular flexibility index (Phi) is 6.59. The number of anilines is 1. The van der Waals surface area contributed by atoms with E-state index in [1.807, 2.05) is 0 Å². The molecular weight excluding hydrogens is 391 g/mol. The Bertz CT molecular complexity index is 1030. The molecule has 0 aliphatic rings. The van der Waals surface area contributed by atoms with Crippen LogP contribution in [0.4, 0.5) is 10.1 Å². The third-order valence-electron chi connectivity index (χ3n) is 4.17. The van der Waals surface area contributed by atoms with Crippen molar-refractivity contribution in [2.45, 2.75) is 19.6 Å². The van der Waals surface area contributed by atoms with Crippen LogP contribution in [0.25, 0.3) is 0 Å². The van der Waals surface area contributed by atoms with Gasteiger partial charge >= 0.3 is 5.97 Å². The summed E-state index contributed by atoms with van der Waals surface area (Å²) in [6.45, 7) is 1.60. The number of rotatable bonds is 7. The number of nitrogens with one attached hydrogen (secondary N) is 2. The van der Waals surface area contributed by atoms with Crippen LogP contribution in [0.3, 0.4) is 0 Å². The van der Waals surface area contributed by atoms with Crippen LogP contribution in [0.2, 0.25) is 0 Å². The number of para-hydroxylation sites is 1. The van der Waals surface area contributed by atoms with Crippen molar-refractivity contribution in [2.24, 2.45) is 0 Å². The molecule has 0 saturated heterocycles. The van der Waals surface area contributed by atoms with Gasteiger partial charge in [0.05, 0.1) is 17.5 Å². The van der Waals surface area contributed by atoms with Gasteiger partial charge in [-0.05, 0) is 48.9 Å². The van der Waals surface area contributed by atoms with Crippen LogP contribution in [0.15, 0.2) is 71.3 Å². The van der Waals surface area contributed by atoms with Gasteiger partial charge < -0.3 is 19.8 Å². The van der Waals surface area contributed by atoms with Crippen molar-refractivity contribution < 1.29 is 27.9 Å². The third-order valence-corrected chi connectivity index (χ3v) is 4.17. The molecule has 154 valence electrons. The number of carbonyl (C=O) groups is 3. The zero-order valence-corrected chi connectivity index (χ0v) is 16.1. The first-order chi connectivity index (χ1) is 14.4. The van der Waals surface area contributed by atoms with Crippen molar-refractivity contribution in [3.63, 3.8) is 0 Å². The molecule has 0 radical (unpaired) electrons. The van der Waals surface area contributed by atoms with Gasteiger partial charge in [-0.25, -0.2) is 9.18 Å². The number of hydrogen-bond donors (Lipinski definition) is 2. The summed E-state index contributed by atoms with van der Waals surface area (Å²) in [5.41, 5.74) is 1.02. The fourth-order valence-electron chi connectivity index (χ4n) is 2.57. The van der Waals surface area contributed by atoms with E-state index in [1.54, 1.807) is 30.3 Å². The minimum absolute atomic E-state index is 0.0895. The molecule has 30 heavy (non-hydrogen) atoms. The average molecular weight is 410 g/mol. The number of benzene rings is 2. The summed E-state index contributed by atoms with van der Waals surface area (Å²) >= 11 is 0. The molecule has 3 aromatic rings. The Balaban J connectivity index is 1.60. The predicted molar refractivity (Wildman–Crippen MR) is 106 cm³/mol. The number of halogens is 1. The summed E-state index contributed by atoms with van der Waals surface area (Å²) in [6.07, 6.45) is 0.285. The minimum atomic E-state index is -1.08. The molecule has 0 aliphatic carbocycles. The van der Waals surface area contributed by atoms with E-state index in [0.717, 1.165) is 0 Å². The molecule has 0 spiro atoms. The molecule has 8 heteroatoms. The minimum Gasteiger partial charge on any atom is -0.459 e. The molecule has 0 fully saturated rings. The Morgan fingerprint density at radius 3 is 2.47 bits per heavy atom. The van der Waals surface area contributed by atoms with Crippen molar-refractivity contribution in [3.8, 4) is 0 Å². The fourth-order valence-corrected chi connectivity index (χ4v) is 2.57. The molecule has 2 aromatic carbocycles. The van der Waals surface area contributed by atoms with Gasteiger partial charge in [-0.15, -0.1) is 0 Å². The molecule has 7 nitrogen and oxygen atoms in total. The summed E-state index contributed by atoms with van der Waals surface area (Å²) in [6, 6.07) is 15.0. The van der Waals surface area contributed by atoms with Gasteiger partial charge in [0.25, 0.3) is 11.8 Å². The molecular formula is C22H19FN2O5. The summed E-state index contributed by atoms with van der Waals surface area (Å²) in [4.78, 5) is 36.9. The Morgan fingerprint density at radius 2 is 1.77 bits per heavy atom. The van der Waals surface area contributed by atoms with E-state index in [2.05, 4.69) is 10.6 Å². The molecule has 0 saturated carbocycles. The first-order valence-corrected chi connectivity index (χ1v) is 9.11. The lowest BCUT2D eigenvalue weighted by Gasteiger charge is -2.15. The SMILES string of the molecule is C[C@H](OC(=O)c1ccccc1NC(=O)c1ccco1)C(=O)NCc1ccc(F)cc1. The highest BCUT2D eigenvalue weighted by atomic mass is 19.1. The molecule has 0 aliphatic heterocycles. The van der Waals surface area contributed by atoms with Crippen molar-refractivity contribution in [1.82, 2.24) is 5.32 Å². The van der Waals surface area contributed by atoms with Crippen LogP contribution in [-0.2, 0) is 16.1 Å². The Morgan fingerprint density at radius 1 is 1.03 bits per heavy atom. The smallest absolute Gasteiger partial charge is 0.341 e. The lowest BCUT2D eigenvalue weighted by molar-refractivity contribution is -0.129. The number of ether oxygens (including phenoxy) is 1. The van der Waals surface area contributed by atoms with E-state index in [-0.39, 0.29) is 29.4 Å². The van der Waals surface area contributed by atoms with Gasteiger partial charge in [-0.2, -0.15) is 0 Å². The first kappa shape index (κ1) is 20.8. The average Bonchev–Trinajstić information content (AvgIpc) is 3.28. The van der Waals surface area contributed by atoms with E-state index in [9.17, 15) is 18.8 Å². The summed E-state index contributed by atoms with van der Waals surface area (Å²) < 4.78 is 23.2. The number of furan rings is 1. The van der Waals surface area contributed by atoms with E-state index in [0.29, 0.717) is 5.56 Å². The Hall–Kier alpha value is -3.94. The topological polar surface area (TPSA) is 97.6 Å². The summed E-state index contributed by atoms with van der Waals surface area (Å²) in [5.74, 6) is -2.08. The fraction of sp³-hybridized carbons (Fsp3) is 0.136. The van der Waals surface area contributed by atoms with Crippen LogP contribution < -0.4 is 10.6 Å². The van der Waals surface area contributed by atoms with Crippen molar-refractivity contribution in [1.29, 1.82) is 0 Å². The molecule has 2 amide bonds. The zero-order valence-electron chi connectivity index (χ0n) is 16.1. The molecule has 1 aromatic heterocycles. The first-order valence-electron chi connectivity index (χ1n) is 9.11. The van der Waals surface area contributed by atoms with Gasteiger partial charge in [0, 0.05) is 6.54 Å². The number of amides is 2. The predicted octanol–water partition coefficient (Wildman–Crippen LogP) is 3.53. The maximum atomic E-state index is 12.9. The highest BCUT2D eigenvalue weighted by Crippen LogP contribution is 2.18. The molecule has 3 rings (SSSR count). The highest BCUT2D eigenvalue weighted by molar-refractivity contribution is 6.06. The Labute approximate surface area is 171 Å². The van der Waals surface area contributed by atoms with Crippen LogP contribution in [0.1, 0.15) is 33.4 Å². The lowest BCUT2D eigenvalue weighted by atomic mass is 10.1. The number of esters is 1. The second kappa shape index (κ2) is 9.51.